The zero-order valence-corrected chi connectivity index (χ0v) is 25.5. The van der Waals surface area contributed by atoms with Crippen molar-refractivity contribution in [2.24, 2.45) is 11.8 Å². The minimum absolute atomic E-state index is 0.111. The van der Waals surface area contributed by atoms with Gasteiger partial charge in [-0.25, -0.2) is 17.9 Å². The minimum atomic E-state index is -3.85. The first-order valence-electron chi connectivity index (χ1n) is 15.0. The van der Waals surface area contributed by atoms with Crippen molar-refractivity contribution >= 4 is 39.2 Å². The lowest BCUT2D eigenvalue weighted by molar-refractivity contribution is -0.145. The van der Waals surface area contributed by atoms with Gasteiger partial charge in [0.2, 0.25) is 10.0 Å². The molecule has 4 aliphatic rings. The number of amides is 1. The maximum Gasteiger partial charge on any atom is 0.329 e. The number of aliphatic carboxylic acids is 1. The molecule has 1 saturated carbocycles. The van der Waals surface area contributed by atoms with Gasteiger partial charge < -0.3 is 19.5 Å². The maximum atomic E-state index is 13.1. The second kappa shape index (κ2) is 12.1. The average Bonchev–Trinajstić information content (AvgIpc) is 3.09. The SMILES string of the molecule is O=C(O)CO[C@@H]1/C=C/CCCS(=O)(=O)NC(=O)c2ccc3c(c2)N(CC2CC[C@H]21)CC1(CCCc2cc(Cl)ccc21)CO3. The molecular formula is C32H37ClN2O7S. The summed E-state index contributed by atoms with van der Waals surface area (Å²) in [5, 5.41) is 10.0. The minimum Gasteiger partial charge on any atom is -0.490 e. The molecule has 1 spiro atoms. The number of carboxylic acid groups (broad SMARTS) is 1. The summed E-state index contributed by atoms with van der Waals surface area (Å²) in [6.45, 7) is 1.38. The van der Waals surface area contributed by atoms with E-state index in [0.717, 1.165) is 37.8 Å². The first-order chi connectivity index (χ1) is 20.6. The van der Waals surface area contributed by atoms with Gasteiger partial charge in [-0.3, -0.25) is 4.79 Å². The fourth-order valence-corrected chi connectivity index (χ4v) is 8.40. The molecule has 6 rings (SSSR count). The Balaban J connectivity index is 1.40. The number of nitrogens with one attached hydrogen (secondary N) is 1. The quantitative estimate of drug-likeness (QED) is 0.469. The van der Waals surface area contributed by atoms with Crippen LogP contribution in [0.5, 0.6) is 5.75 Å². The van der Waals surface area contributed by atoms with Crippen LogP contribution >= 0.6 is 11.6 Å². The standard InChI is InChI=1S/C32H37ClN2O7S/c33-24-9-11-26-21(15-24)5-4-13-32(26)19-35-17-23-7-10-25(23)28(41-18-30(36)37)6-2-1-3-14-43(39,40)34-31(38)22-8-12-29(42-20-32)27(35)16-22/h2,6,8-9,11-12,15-16,23,25,28H,1,3-5,7,10,13-14,17-20H2,(H,34,38)(H,36,37)/b6-2+/t23?,25-,28-,32?/m1/s1. The van der Waals surface area contributed by atoms with E-state index in [0.29, 0.717) is 43.3 Å². The number of halogens is 1. The highest BCUT2D eigenvalue weighted by Crippen LogP contribution is 2.47. The van der Waals surface area contributed by atoms with E-state index in [1.807, 2.05) is 24.3 Å². The van der Waals surface area contributed by atoms with Crippen LogP contribution in [0.25, 0.3) is 0 Å². The number of hydrogen-bond donors (Lipinski definition) is 2. The smallest absolute Gasteiger partial charge is 0.329 e. The third kappa shape index (κ3) is 6.42. The fraction of sp³-hybridized carbons (Fsp3) is 0.500. The molecule has 2 unspecified atom stereocenters. The van der Waals surface area contributed by atoms with Crippen molar-refractivity contribution < 1.29 is 32.6 Å². The molecule has 43 heavy (non-hydrogen) atoms. The predicted molar refractivity (Wildman–Crippen MR) is 163 cm³/mol. The van der Waals surface area contributed by atoms with E-state index in [4.69, 9.17) is 21.1 Å². The molecule has 2 aliphatic heterocycles. The van der Waals surface area contributed by atoms with Gasteiger partial charge in [0, 0.05) is 29.1 Å². The van der Waals surface area contributed by atoms with Crippen LogP contribution in [0.15, 0.2) is 48.6 Å². The molecule has 9 nitrogen and oxygen atoms in total. The Bertz CT molecular complexity index is 1540. The van der Waals surface area contributed by atoms with Crippen molar-refractivity contribution in [3.63, 3.8) is 0 Å². The van der Waals surface area contributed by atoms with Crippen LogP contribution in [-0.2, 0) is 31.4 Å². The average molecular weight is 629 g/mol. The zero-order valence-electron chi connectivity index (χ0n) is 24.0. The van der Waals surface area contributed by atoms with Crippen molar-refractivity contribution in [3.05, 3.63) is 70.3 Å². The molecule has 0 saturated heterocycles. The number of carbonyl (C=O) groups excluding carboxylic acids is 1. The number of aryl methyl sites for hydroxylation is 1. The summed E-state index contributed by atoms with van der Waals surface area (Å²) in [6, 6.07) is 11.2. The number of fused-ring (bicyclic) bond motifs is 4. The van der Waals surface area contributed by atoms with Gasteiger partial charge in [0.25, 0.3) is 5.91 Å². The third-order valence-corrected chi connectivity index (χ3v) is 11.0. The molecule has 2 heterocycles. The lowest BCUT2D eigenvalue weighted by atomic mass is 9.68. The molecule has 2 aromatic rings. The highest BCUT2D eigenvalue weighted by Gasteiger charge is 2.44. The molecule has 230 valence electrons. The number of allylic oxidation sites excluding steroid dienone is 1. The van der Waals surface area contributed by atoms with E-state index in [1.54, 1.807) is 18.2 Å². The number of rotatable bonds is 3. The van der Waals surface area contributed by atoms with Crippen LogP contribution in [0.2, 0.25) is 5.02 Å². The Morgan fingerprint density at radius 1 is 1.19 bits per heavy atom. The molecule has 2 aliphatic carbocycles. The van der Waals surface area contributed by atoms with Gasteiger partial charge in [-0.05, 0) is 98.2 Å². The number of nitrogens with zero attached hydrogens (tertiary/aromatic N) is 1. The van der Waals surface area contributed by atoms with E-state index < -0.39 is 28.5 Å². The van der Waals surface area contributed by atoms with Gasteiger partial charge in [0.1, 0.15) is 12.4 Å². The van der Waals surface area contributed by atoms with Gasteiger partial charge in [0.15, 0.2) is 0 Å². The topological polar surface area (TPSA) is 122 Å². The molecule has 0 aromatic heterocycles. The van der Waals surface area contributed by atoms with E-state index in [2.05, 4.69) is 15.7 Å². The second-order valence-electron chi connectivity index (χ2n) is 12.3. The Morgan fingerprint density at radius 2 is 2.05 bits per heavy atom. The van der Waals surface area contributed by atoms with Gasteiger partial charge >= 0.3 is 5.97 Å². The summed E-state index contributed by atoms with van der Waals surface area (Å²) in [4.78, 5) is 26.8. The van der Waals surface area contributed by atoms with Crippen molar-refractivity contribution in [2.45, 2.75) is 56.5 Å². The Labute approximate surface area is 257 Å². The number of ether oxygens (including phenoxy) is 2. The summed E-state index contributed by atoms with van der Waals surface area (Å²) < 4.78 is 40.0. The number of carboxylic acids is 1. The molecule has 1 fully saturated rings. The third-order valence-electron chi connectivity index (χ3n) is 9.41. The Kier molecular flexibility index (Phi) is 8.45. The molecule has 4 atom stereocenters. The predicted octanol–water partition coefficient (Wildman–Crippen LogP) is 4.72. The van der Waals surface area contributed by atoms with Crippen molar-refractivity contribution in [1.82, 2.24) is 4.72 Å². The first-order valence-corrected chi connectivity index (χ1v) is 17.0. The van der Waals surface area contributed by atoms with Gasteiger partial charge in [-0.1, -0.05) is 29.8 Å². The van der Waals surface area contributed by atoms with Crippen molar-refractivity contribution in [1.29, 1.82) is 0 Å². The van der Waals surface area contributed by atoms with Gasteiger partial charge in [0.05, 0.1) is 24.2 Å². The number of carbonyl (C=O) groups is 2. The van der Waals surface area contributed by atoms with Crippen molar-refractivity contribution in [3.8, 4) is 5.75 Å². The monoisotopic (exact) mass is 628 g/mol. The molecule has 0 radical (unpaired) electrons. The molecule has 11 heteroatoms. The van der Waals surface area contributed by atoms with Crippen molar-refractivity contribution in [2.75, 3.05) is 37.0 Å². The highest BCUT2D eigenvalue weighted by molar-refractivity contribution is 7.90. The van der Waals surface area contributed by atoms with Crippen LogP contribution in [-0.4, -0.2) is 63.6 Å². The van der Waals surface area contributed by atoms with Crippen LogP contribution in [0.4, 0.5) is 5.69 Å². The first kappa shape index (κ1) is 30.0. The van der Waals surface area contributed by atoms with Crippen LogP contribution in [0.3, 0.4) is 0 Å². The Hall–Kier alpha value is -3.08. The van der Waals surface area contributed by atoms with E-state index in [-0.39, 0.29) is 34.7 Å². The van der Waals surface area contributed by atoms with Gasteiger partial charge in [-0.15, -0.1) is 0 Å². The highest BCUT2D eigenvalue weighted by atomic mass is 35.5. The molecule has 2 bridgehead atoms. The summed E-state index contributed by atoms with van der Waals surface area (Å²) in [6.07, 6.45) is 8.89. The molecule has 2 aromatic carbocycles. The molecular weight excluding hydrogens is 592 g/mol. The largest absolute Gasteiger partial charge is 0.490 e. The summed E-state index contributed by atoms with van der Waals surface area (Å²) >= 11 is 6.38. The van der Waals surface area contributed by atoms with Crippen LogP contribution in [0, 0.1) is 11.8 Å². The number of anilines is 1. The summed E-state index contributed by atoms with van der Waals surface area (Å²) in [5.41, 5.74) is 3.15. The summed E-state index contributed by atoms with van der Waals surface area (Å²) in [5.74, 6) is -0.909. The van der Waals surface area contributed by atoms with Gasteiger partial charge in [-0.2, -0.15) is 0 Å². The van der Waals surface area contributed by atoms with E-state index >= 15 is 0 Å². The second-order valence-corrected chi connectivity index (χ2v) is 14.6. The molecule has 1 amide bonds. The number of hydrogen-bond acceptors (Lipinski definition) is 7. The fourth-order valence-electron chi connectivity index (χ4n) is 7.15. The number of sulfonamides is 1. The normalized spacial score (nSPS) is 29.2. The molecule has 2 N–H and O–H groups in total. The summed E-state index contributed by atoms with van der Waals surface area (Å²) in [7, 11) is -3.85. The van der Waals surface area contributed by atoms with E-state index in [1.165, 1.54) is 11.1 Å². The van der Waals surface area contributed by atoms with Crippen LogP contribution < -0.4 is 14.4 Å². The lowest BCUT2D eigenvalue weighted by Gasteiger charge is -2.46. The number of benzene rings is 2. The van der Waals surface area contributed by atoms with E-state index in [9.17, 15) is 23.1 Å². The maximum absolute atomic E-state index is 13.1. The zero-order chi connectivity index (χ0) is 30.2. The van der Waals surface area contributed by atoms with Crippen LogP contribution in [0.1, 0.15) is 60.0 Å². The lowest BCUT2D eigenvalue weighted by Crippen LogP contribution is -2.49. The Morgan fingerprint density at radius 3 is 2.84 bits per heavy atom.